The highest BCUT2D eigenvalue weighted by molar-refractivity contribution is 6.09. The smallest absolute Gasteiger partial charge is 0.220 e. The number of hydrogen-bond acceptors (Lipinski definition) is 0. The van der Waals surface area contributed by atoms with E-state index in [1.165, 1.54) is 43.9 Å². The molecule has 0 saturated carbocycles. The Hall–Kier alpha value is -4.43. The van der Waals surface area contributed by atoms with Gasteiger partial charge in [0, 0.05) is 22.5 Å². The fourth-order valence-corrected chi connectivity index (χ4v) is 6.34. The van der Waals surface area contributed by atoms with Crippen molar-refractivity contribution < 1.29 is 5.94 Å². The number of aryl methyl sites for hydroxylation is 2. The molecule has 2 aromatic heterocycles. The third-order valence-electron chi connectivity index (χ3n) is 8.25. The van der Waals surface area contributed by atoms with Crippen LogP contribution in [0.2, 0.25) is 0 Å². The molecule has 0 aliphatic rings. The molecule has 0 fully saturated rings. The highest BCUT2D eigenvalue weighted by Gasteiger charge is 2.25. The van der Waals surface area contributed by atoms with Crippen molar-refractivity contribution in [2.75, 3.05) is 0 Å². The van der Waals surface area contributed by atoms with E-state index in [1.54, 1.807) is 0 Å². The zero-order valence-electron chi connectivity index (χ0n) is 24.2. The molecular weight excluding hydrogens is 472 g/mol. The lowest BCUT2D eigenvalue weighted by Crippen LogP contribution is -2.31. The first-order valence-corrected chi connectivity index (χ1v) is 13.7. The summed E-state index contributed by atoms with van der Waals surface area (Å²) in [6.07, 6.45) is 2.18. The van der Waals surface area contributed by atoms with Gasteiger partial charge < -0.3 is 4.57 Å². The normalized spacial score (nSPS) is 12.6. The Kier molecular flexibility index (Phi) is 4.94. The Labute approximate surface area is 231 Å². The first-order chi connectivity index (χ1) is 19.2. The van der Waals surface area contributed by atoms with Gasteiger partial charge in [-0.15, -0.1) is 0 Å². The molecule has 0 aliphatic heterocycles. The van der Waals surface area contributed by atoms with E-state index in [4.69, 9.17) is 1.37 Å². The van der Waals surface area contributed by atoms with Crippen molar-refractivity contribution in [1.82, 2.24) is 4.57 Å². The van der Waals surface area contributed by atoms with Crippen LogP contribution in [0.1, 0.15) is 33.3 Å². The average molecular weight is 507 g/mol. The minimum Gasteiger partial charge on any atom is -0.309 e. The van der Waals surface area contributed by atoms with E-state index in [1.807, 2.05) is 12.1 Å². The molecule has 5 aromatic carbocycles. The zero-order valence-corrected chi connectivity index (χ0v) is 23.2. The van der Waals surface area contributed by atoms with Gasteiger partial charge in [0.25, 0.3) is 0 Å². The summed E-state index contributed by atoms with van der Waals surface area (Å²) in [5, 5.41) is 7.19. The second kappa shape index (κ2) is 8.54. The molecule has 2 heterocycles. The summed E-state index contributed by atoms with van der Waals surface area (Å²) >= 11 is 0. The number of fused-ring (bicyclic) bond motifs is 5. The van der Waals surface area contributed by atoms with Gasteiger partial charge in [-0.05, 0) is 76.0 Å². The summed E-state index contributed by atoms with van der Waals surface area (Å²) in [6, 6.07) is 35.2. The Bertz CT molecular complexity index is 2130. The SMILES string of the molecule is [2H]c1cccc2c1c1ccccc1n2-c1ccc2c(-c3cc(C(C)(C)C)c4ccccc4c3C)[n+](C)ccc2c1. The number of nitrogens with zero attached hydrogens (tertiary/aromatic N) is 2. The zero-order chi connectivity index (χ0) is 27.8. The summed E-state index contributed by atoms with van der Waals surface area (Å²) < 4.78 is 13.2. The summed E-state index contributed by atoms with van der Waals surface area (Å²) in [6.45, 7) is 9.17. The van der Waals surface area contributed by atoms with E-state index < -0.39 is 0 Å². The summed E-state index contributed by atoms with van der Waals surface area (Å²) in [5.41, 5.74) is 8.50. The minimum absolute atomic E-state index is 0.0195. The number of para-hydroxylation sites is 2. The van der Waals surface area contributed by atoms with E-state index in [0.29, 0.717) is 6.04 Å². The quantitative estimate of drug-likeness (QED) is 0.207. The third-order valence-corrected chi connectivity index (χ3v) is 8.25. The van der Waals surface area contributed by atoms with Crippen LogP contribution in [0.5, 0.6) is 0 Å². The lowest BCUT2D eigenvalue weighted by molar-refractivity contribution is -0.659. The fraction of sp³-hybridized carbons (Fsp3) is 0.162. The molecule has 190 valence electrons. The van der Waals surface area contributed by atoms with E-state index in [9.17, 15) is 0 Å². The predicted molar refractivity (Wildman–Crippen MR) is 166 cm³/mol. The van der Waals surface area contributed by atoms with Gasteiger partial charge in [-0.25, -0.2) is 4.57 Å². The van der Waals surface area contributed by atoms with Crippen molar-refractivity contribution in [3.63, 3.8) is 0 Å². The number of pyridine rings is 1. The van der Waals surface area contributed by atoms with E-state index in [-0.39, 0.29) is 5.41 Å². The molecule has 2 heteroatoms. The molecule has 39 heavy (non-hydrogen) atoms. The maximum Gasteiger partial charge on any atom is 0.220 e. The Morgan fingerprint density at radius 3 is 2.13 bits per heavy atom. The highest BCUT2D eigenvalue weighted by atomic mass is 15.0. The second-order valence-electron chi connectivity index (χ2n) is 11.7. The first kappa shape index (κ1) is 22.5. The van der Waals surface area contributed by atoms with Crippen LogP contribution in [-0.4, -0.2) is 4.57 Å². The number of benzene rings is 5. The summed E-state index contributed by atoms with van der Waals surface area (Å²) in [4.78, 5) is 0. The molecule has 0 spiro atoms. The van der Waals surface area contributed by atoms with Gasteiger partial charge >= 0.3 is 0 Å². The standard InChI is InChI=1S/C37H33N2/c1-24-27-12-6-7-13-29(27)33(37(2,3)4)23-32(24)36-28-19-18-26(22-25(28)20-21-38(36)5)39-34-16-10-8-14-30(34)31-15-9-11-17-35(31)39/h6-23H,1-5H3/q+1/i14D. The molecule has 7 rings (SSSR count). The molecular formula is C37H33N2+. The van der Waals surface area contributed by atoms with Gasteiger partial charge in [-0.2, -0.15) is 0 Å². The maximum atomic E-state index is 8.62. The van der Waals surface area contributed by atoms with Gasteiger partial charge in [0.15, 0.2) is 6.20 Å². The van der Waals surface area contributed by atoms with Crippen molar-refractivity contribution >= 4 is 43.4 Å². The number of aromatic nitrogens is 2. The molecule has 0 N–H and O–H groups in total. The topological polar surface area (TPSA) is 8.81 Å². The average Bonchev–Trinajstić information content (AvgIpc) is 3.28. The predicted octanol–water partition coefficient (Wildman–Crippen LogP) is 9.19. The molecule has 7 aromatic rings. The van der Waals surface area contributed by atoms with Gasteiger partial charge in [0.05, 0.1) is 23.4 Å². The third kappa shape index (κ3) is 3.59. The van der Waals surface area contributed by atoms with Crippen LogP contribution in [-0.2, 0) is 12.5 Å². The Morgan fingerprint density at radius 2 is 1.36 bits per heavy atom. The van der Waals surface area contributed by atoms with Crippen molar-refractivity contribution in [2.24, 2.45) is 7.05 Å². The van der Waals surface area contributed by atoms with Crippen molar-refractivity contribution in [1.29, 1.82) is 0 Å². The Morgan fingerprint density at radius 1 is 0.692 bits per heavy atom. The van der Waals surface area contributed by atoms with Crippen molar-refractivity contribution in [2.45, 2.75) is 33.1 Å². The number of hydrogen-bond donors (Lipinski definition) is 0. The van der Waals surface area contributed by atoms with Crippen LogP contribution in [0.25, 0.3) is 60.3 Å². The van der Waals surface area contributed by atoms with Gasteiger partial charge in [0.2, 0.25) is 5.69 Å². The van der Waals surface area contributed by atoms with E-state index >= 15 is 0 Å². The van der Waals surface area contributed by atoms with E-state index in [0.717, 1.165) is 27.5 Å². The molecule has 0 unspecified atom stereocenters. The largest absolute Gasteiger partial charge is 0.309 e. The second-order valence-corrected chi connectivity index (χ2v) is 11.7. The Balaban J connectivity index is 1.51. The molecule has 0 amide bonds. The lowest BCUT2D eigenvalue weighted by atomic mass is 9.80. The summed E-state index contributed by atoms with van der Waals surface area (Å²) in [5.74, 6) is 0. The van der Waals surface area contributed by atoms with Crippen LogP contribution < -0.4 is 4.57 Å². The van der Waals surface area contributed by atoms with Crippen LogP contribution in [0, 0.1) is 6.92 Å². The number of rotatable bonds is 2. The lowest BCUT2D eigenvalue weighted by Gasteiger charge is -2.24. The minimum atomic E-state index is 0.0195. The monoisotopic (exact) mass is 506 g/mol. The molecule has 0 bridgehead atoms. The molecule has 0 saturated heterocycles. The van der Waals surface area contributed by atoms with Crippen molar-refractivity contribution in [3.05, 3.63) is 120 Å². The van der Waals surface area contributed by atoms with Crippen LogP contribution >= 0.6 is 0 Å². The van der Waals surface area contributed by atoms with Gasteiger partial charge in [0.1, 0.15) is 7.05 Å². The summed E-state index contributed by atoms with van der Waals surface area (Å²) in [7, 11) is 2.15. The molecule has 0 aliphatic carbocycles. The van der Waals surface area contributed by atoms with Crippen LogP contribution in [0.4, 0.5) is 0 Å². The molecule has 0 radical (unpaired) electrons. The van der Waals surface area contributed by atoms with Gasteiger partial charge in [-0.1, -0.05) is 81.4 Å². The fourth-order valence-electron chi connectivity index (χ4n) is 6.34. The highest BCUT2D eigenvalue weighted by Crippen LogP contribution is 2.39. The van der Waals surface area contributed by atoms with Crippen LogP contribution in [0.3, 0.4) is 0 Å². The van der Waals surface area contributed by atoms with Crippen LogP contribution in [0.15, 0.2) is 109 Å². The van der Waals surface area contributed by atoms with Crippen molar-refractivity contribution in [3.8, 4) is 16.9 Å². The molecule has 2 nitrogen and oxygen atoms in total. The first-order valence-electron chi connectivity index (χ1n) is 14.2. The molecule has 0 atom stereocenters. The van der Waals surface area contributed by atoms with Gasteiger partial charge in [-0.3, -0.25) is 0 Å². The maximum absolute atomic E-state index is 8.62. The van der Waals surface area contributed by atoms with E-state index in [2.05, 4.69) is 135 Å².